The zero-order chi connectivity index (χ0) is 15.4. The van der Waals surface area contributed by atoms with E-state index in [0.717, 1.165) is 35.0 Å². The third-order valence-corrected chi connectivity index (χ3v) is 4.11. The van der Waals surface area contributed by atoms with Crippen LogP contribution in [0.1, 0.15) is 22.9 Å². The second-order valence-corrected chi connectivity index (χ2v) is 6.10. The summed E-state index contributed by atoms with van der Waals surface area (Å²) in [6.45, 7) is 2.57. The SMILES string of the molecule is Cc1nc(CC(=O)NCCCc2nnc3ccccn23)cs1. The molecule has 3 rings (SSSR count). The van der Waals surface area contributed by atoms with Crippen molar-refractivity contribution in [3.05, 3.63) is 46.3 Å². The van der Waals surface area contributed by atoms with Crippen LogP contribution in [0.25, 0.3) is 5.65 Å². The summed E-state index contributed by atoms with van der Waals surface area (Å²) < 4.78 is 1.97. The van der Waals surface area contributed by atoms with E-state index in [1.807, 2.05) is 41.1 Å². The summed E-state index contributed by atoms with van der Waals surface area (Å²) in [5, 5.41) is 14.1. The molecule has 0 spiro atoms. The summed E-state index contributed by atoms with van der Waals surface area (Å²) in [5.74, 6) is 0.927. The number of carbonyl (C=O) groups is 1. The maximum Gasteiger partial charge on any atom is 0.226 e. The van der Waals surface area contributed by atoms with E-state index in [9.17, 15) is 4.79 Å². The number of nitrogens with zero attached hydrogens (tertiary/aromatic N) is 4. The molecule has 0 aliphatic carbocycles. The number of hydrogen-bond donors (Lipinski definition) is 1. The summed E-state index contributed by atoms with van der Waals surface area (Å²) in [7, 11) is 0. The molecule has 114 valence electrons. The van der Waals surface area contributed by atoms with Gasteiger partial charge in [0.2, 0.25) is 5.91 Å². The van der Waals surface area contributed by atoms with Crippen LogP contribution >= 0.6 is 11.3 Å². The Morgan fingerprint density at radius 3 is 3.09 bits per heavy atom. The number of amides is 1. The highest BCUT2D eigenvalue weighted by Crippen LogP contribution is 2.08. The maximum absolute atomic E-state index is 11.8. The van der Waals surface area contributed by atoms with E-state index in [1.54, 1.807) is 11.3 Å². The van der Waals surface area contributed by atoms with E-state index in [-0.39, 0.29) is 5.91 Å². The molecule has 3 heterocycles. The van der Waals surface area contributed by atoms with Gasteiger partial charge in [0.25, 0.3) is 0 Å². The van der Waals surface area contributed by atoms with E-state index in [1.165, 1.54) is 0 Å². The minimum absolute atomic E-state index is 0.0106. The van der Waals surface area contributed by atoms with Crippen molar-refractivity contribution in [1.82, 2.24) is 24.9 Å². The Morgan fingerprint density at radius 1 is 1.36 bits per heavy atom. The first-order valence-electron chi connectivity index (χ1n) is 7.19. The molecule has 0 radical (unpaired) electrons. The average Bonchev–Trinajstić information content (AvgIpc) is 3.10. The van der Waals surface area contributed by atoms with Crippen molar-refractivity contribution in [2.75, 3.05) is 6.54 Å². The van der Waals surface area contributed by atoms with Crippen molar-refractivity contribution in [3.8, 4) is 0 Å². The van der Waals surface area contributed by atoms with Crippen molar-refractivity contribution in [2.24, 2.45) is 0 Å². The normalized spacial score (nSPS) is 11.0. The number of aromatic nitrogens is 4. The molecule has 0 aromatic carbocycles. The summed E-state index contributed by atoms with van der Waals surface area (Å²) >= 11 is 1.57. The number of pyridine rings is 1. The molecule has 0 aliphatic heterocycles. The Balaban J connectivity index is 1.44. The molecule has 0 saturated heterocycles. The van der Waals surface area contributed by atoms with Crippen molar-refractivity contribution in [3.63, 3.8) is 0 Å². The van der Waals surface area contributed by atoms with Gasteiger partial charge in [-0.3, -0.25) is 9.20 Å². The molecule has 3 aromatic rings. The molecule has 6 nitrogen and oxygen atoms in total. The van der Waals surface area contributed by atoms with Crippen LogP contribution in [0.5, 0.6) is 0 Å². The van der Waals surface area contributed by atoms with Crippen molar-refractivity contribution < 1.29 is 4.79 Å². The Bertz CT molecular complexity index is 779. The van der Waals surface area contributed by atoms with Crippen LogP contribution in [0.4, 0.5) is 0 Å². The molecule has 0 aliphatic rings. The molecule has 22 heavy (non-hydrogen) atoms. The van der Waals surface area contributed by atoms with Crippen molar-refractivity contribution in [2.45, 2.75) is 26.2 Å². The van der Waals surface area contributed by atoms with Crippen LogP contribution in [0, 0.1) is 6.92 Å². The largest absolute Gasteiger partial charge is 0.356 e. The monoisotopic (exact) mass is 315 g/mol. The fourth-order valence-electron chi connectivity index (χ4n) is 2.25. The number of nitrogens with one attached hydrogen (secondary N) is 1. The lowest BCUT2D eigenvalue weighted by Gasteiger charge is -2.03. The van der Waals surface area contributed by atoms with Crippen LogP contribution in [0.3, 0.4) is 0 Å². The number of rotatable bonds is 6. The minimum Gasteiger partial charge on any atom is -0.356 e. The third kappa shape index (κ3) is 3.48. The topological polar surface area (TPSA) is 72.2 Å². The van der Waals surface area contributed by atoms with Gasteiger partial charge in [0.1, 0.15) is 5.82 Å². The predicted octanol–water partition coefficient (Wildman–Crippen LogP) is 1.79. The second-order valence-electron chi connectivity index (χ2n) is 5.03. The number of hydrogen-bond acceptors (Lipinski definition) is 5. The van der Waals surface area contributed by atoms with Crippen LogP contribution in [0.15, 0.2) is 29.8 Å². The van der Waals surface area contributed by atoms with Gasteiger partial charge >= 0.3 is 0 Å². The molecule has 1 N–H and O–H groups in total. The van der Waals surface area contributed by atoms with Crippen LogP contribution < -0.4 is 5.32 Å². The first-order valence-corrected chi connectivity index (χ1v) is 8.07. The van der Waals surface area contributed by atoms with Gasteiger partial charge in [-0.15, -0.1) is 21.5 Å². The molecular weight excluding hydrogens is 298 g/mol. The van der Waals surface area contributed by atoms with Crippen molar-refractivity contribution in [1.29, 1.82) is 0 Å². The van der Waals surface area contributed by atoms with Gasteiger partial charge in [-0.25, -0.2) is 4.98 Å². The highest BCUT2D eigenvalue weighted by molar-refractivity contribution is 7.09. The highest BCUT2D eigenvalue weighted by atomic mass is 32.1. The zero-order valence-electron chi connectivity index (χ0n) is 12.3. The fraction of sp³-hybridized carbons (Fsp3) is 0.333. The van der Waals surface area contributed by atoms with E-state index in [2.05, 4.69) is 20.5 Å². The lowest BCUT2D eigenvalue weighted by molar-refractivity contribution is -0.120. The lowest BCUT2D eigenvalue weighted by atomic mass is 10.2. The molecule has 0 bridgehead atoms. The fourth-order valence-corrected chi connectivity index (χ4v) is 2.86. The summed E-state index contributed by atoms with van der Waals surface area (Å²) in [6, 6.07) is 5.82. The van der Waals surface area contributed by atoms with Gasteiger partial charge in [0.05, 0.1) is 17.1 Å². The van der Waals surface area contributed by atoms with E-state index < -0.39 is 0 Å². The van der Waals surface area contributed by atoms with Crippen LogP contribution in [-0.2, 0) is 17.6 Å². The Labute approximate surface area is 132 Å². The van der Waals surface area contributed by atoms with Crippen LogP contribution in [-0.4, -0.2) is 32.0 Å². The molecule has 0 fully saturated rings. The molecule has 0 unspecified atom stereocenters. The lowest BCUT2D eigenvalue weighted by Crippen LogP contribution is -2.26. The number of thiazole rings is 1. The number of carbonyl (C=O) groups excluding carboxylic acids is 1. The van der Waals surface area contributed by atoms with Gasteiger partial charge in [0, 0.05) is 24.5 Å². The molecule has 3 aromatic heterocycles. The molecule has 7 heteroatoms. The quantitative estimate of drug-likeness (QED) is 0.704. The second kappa shape index (κ2) is 6.65. The number of aryl methyl sites for hydroxylation is 2. The highest BCUT2D eigenvalue weighted by Gasteiger charge is 2.07. The summed E-state index contributed by atoms with van der Waals surface area (Å²) in [5.41, 5.74) is 1.68. The van der Waals surface area contributed by atoms with Gasteiger partial charge in [-0.1, -0.05) is 6.07 Å². The van der Waals surface area contributed by atoms with E-state index in [4.69, 9.17) is 0 Å². The first-order chi connectivity index (χ1) is 10.7. The maximum atomic E-state index is 11.8. The Hall–Kier alpha value is -2.28. The molecule has 0 atom stereocenters. The molecule has 0 saturated carbocycles. The summed E-state index contributed by atoms with van der Waals surface area (Å²) in [4.78, 5) is 16.1. The average molecular weight is 315 g/mol. The Kier molecular flexibility index (Phi) is 4.43. The third-order valence-electron chi connectivity index (χ3n) is 3.29. The summed E-state index contributed by atoms with van der Waals surface area (Å²) in [6.07, 6.45) is 3.91. The van der Waals surface area contributed by atoms with Gasteiger partial charge in [-0.05, 0) is 25.5 Å². The van der Waals surface area contributed by atoms with E-state index in [0.29, 0.717) is 13.0 Å². The molecular formula is C15H17N5OS. The van der Waals surface area contributed by atoms with Gasteiger partial charge < -0.3 is 5.32 Å². The first kappa shape index (κ1) is 14.6. The standard InChI is InChI=1S/C15H17N5OS/c1-11-17-12(10-22-11)9-15(21)16-7-4-6-14-19-18-13-5-2-3-8-20(13)14/h2-3,5,8,10H,4,6-7,9H2,1H3,(H,16,21). The van der Waals surface area contributed by atoms with Gasteiger partial charge in [0.15, 0.2) is 5.65 Å². The van der Waals surface area contributed by atoms with Crippen molar-refractivity contribution >= 4 is 22.9 Å². The van der Waals surface area contributed by atoms with Gasteiger partial charge in [-0.2, -0.15) is 0 Å². The minimum atomic E-state index is 0.0106. The van der Waals surface area contributed by atoms with Crippen LogP contribution in [0.2, 0.25) is 0 Å². The smallest absolute Gasteiger partial charge is 0.226 e. The number of fused-ring (bicyclic) bond motifs is 1. The molecule has 1 amide bonds. The zero-order valence-corrected chi connectivity index (χ0v) is 13.1. The Morgan fingerprint density at radius 2 is 2.27 bits per heavy atom. The van der Waals surface area contributed by atoms with E-state index >= 15 is 0 Å². The predicted molar refractivity (Wildman–Crippen MR) is 84.9 cm³/mol.